The number of nitrogens with one attached hydrogen (secondary N) is 2. The Balaban J connectivity index is 2.15. The van der Waals surface area contributed by atoms with Crippen molar-refractivity contribution in [2.45, 2.75) is 6.18 Å². The molecule has 2 N–H and O–H groups in total. The van der Waals surface area contributed by atoms with Crippen molar-refractivity contribution in [2.75, 3.05) is 24.9 Å². The Kier molecular flexibility index (Phi) is 6.50. The Labute approximate surface area is 159 Å². The number of nitriles is 1. The highest BCUT2D eigenvalue weighted by Crippen LogP contribution is 2.31. The van der Waals surface area contributed by atoms with E-state index in [0.29, 0.717) is 17.2 Å². The zero-order chi connectivity index (χ0) is 20.7. The highest BCUT2D eigenvalue weighted by atomic mass is 19.4. The number of hydrogen-bond donors (Lipinski definition) is 2. The number of carbonyl (C=O) groups is 1. The van der Waals surface area contributed by atoms with E-state index < -0.39 is 17.6 Å². The van der Waals surface area contributed by atoms with Crippen LogP contribution in [-0.4, -0.2) is 20.1 Å². The lowest BCUT2D eigenvalue weighted by Gasteiger charge is -2.10. The molecule has 0 aromatic heterocycles. The summed E-state index contributed by atoms with van der Waals surface area (Å²) >= 11 is 0. The summed E-state index contributed by atoms with van der Waals surface area (Å²) in [7, 11) is 2.94. The van der Waals surface area contributed by atoms with Gasteiger partial charge in [-0.2, -0.15) is 18.4 Å². The molecule has 0 radical (unpaired) electrons. The number of benzene rings is 2. The third-order valence-corrected chi connectivity index (χ3v) is 3.58. The number of carbonyl (C=O) groups excluding carboxylic acids is 1. The molecule has 0 bridgehead atoms. The van der Waals surface area contributed by atoms with Gasteiger partial charge in [0, 0.05) is 23.6 Å². The van der Waals surface area contributed by atoms with E-state index in [4.69, 9.17) is 9.47 Å². The summed E-state index contributed by atoms with van der Waals surface area (Å²) in [5.41, 5.74) is -0.798. The van der Waals surface area contributed by atoms with Crippen molar-refractivity contribution in [2.24, 2.45) is 0 Å². The van der Waals surface area contributed by atoms with E-state index in [1.54, 1.807) is 24.3 Å². The molecule has 0 heterocycles. The molecule has 0 aliphatic carbocycles. The summed E-state index contributed by atoms with van der Waals surface area (Å²) in [5.74, 6) is 0.0856. The molecule has 0 fully saturated rings. The van der Waals surface area contributed by atoms with Gasteiger partial charge in [-0.1, -0.05) is 6.07 Å². The minimum absolute atomic E-state index is 0.0768. The van der Waals surface area contributed by atoms with E-state index in [-0.39, 0.29) is 11.3 Å². The third-order valence-electron chi connectivity index (χ3n) is 3.58. The van der Waals surface area contributed by atoms with Crippen molar-refractivity contribution in [1.82, 2.24) is 0 Å². The zero-order valence-electron chi connectivity index (χ0n) is 14.9. The van der Waals surface area contributed by atoms with Crippen molar-refractivity contribution < 1.29 is 27.4 Å². The summed E-state index contributed by atoms with van der Waals surface area (Å²) in [5, 5.41) is 14.2. The quantitative estimate of drug-likeness (QED) is 0.570. The predicted octanol–water partition coefficient (Wildman–Crippen LogP) is 4.18. The Bertz CT molecular complexity index is 934. The van der Waals surface area contributed by atoms with Crippen LogP contribution in [0.2, 0.25) is 0 Å². The molecule has 9 heteroatoms. The number of anilines is 2. The molecule has 1 amide bonds. The van der Waals surface area contributed by atoms with Crippen LogP contribution in [0.25, 0.3) is 0 Å². The molecule has 2 aromatic rings. The van der Waals surface area contributed by atoms with Gasteiger partial charge in [-0.05, 0) is 30.3 Å². The van der Waals surface area contributed by atoms with Crippen LogP contribution < -0.4 is 20.1 Å². The number of halogens is 3. The zero-order valence-corrected chi connectivity index (χ0v) is 14.9. The second-order valence-corrected chi connectivity index (χ2v) is 5.42. The highest BCUT2D eigenvalue weighted by molar-refractivity contribution is 6.06. The lowest BCUT2D eigenvalue weighted by Crippen LogP contribution is -2.15. The second kappa shape index (κ2) is 8.81. The largest absolute Gasteiger partial charge is 0.493 e. The summed E-state index contributed by atoms with van der Waals surface area (Å²) < 4.78 is 48.5. The topological polar surface area (TPSA) is 83.4 Å². The minimum atomic E-state index is -4.54. The van der Waals surface area contributed by atoms with Crippen molar-refractivity contribution >= 4 is 17.3 Å². The van der Waals surface area contributed by atoms with Crippen LogP contribution in [0.15, 0.2) is 54.2 Å². The van der Waals surface area contributed by atoms with E-state index in [0.717, 1.165) is 24.4 Å². The minimum Gasteiger partial charge on any atom is -0.493 e. The van der Waals surface area contributed by atoms with E-state index in [1.807, 2.05) is 0 Å². The molecule has 2 rings (SSSR count). The number of amides is 1. The second-order valence-electron chi connectivity index (χ2n) is 5.42. The Morgan fingerprint density at radius 2 is 1.79 bits per heavy atom. The summed E-state index contributed by atoms with van der Waals surface area (Å²) in [6.07, 6.45) is -3.40. The molecular weight excluding hydrogens is 375 g/mol. The van der Waals surface area contributed by atoms with E-state index in [2.05, 4.69) is 10.6 Å². The van der Waals surface area contributed by atoms with Crippen molar-refractivity contribution in [3.8, 4) is 17.6 Å². The number of hydrogen-bond acceptors (Lipinski definition) is 5. The number of alkyl halides is 3. The number of methoxy groups -OCH3 is 2. The molecule has 6 nitrogen and oxygen atoms in total. The van der Waals surface area contributed by atoms with Crippen LogP contribution in [0.5, 0.6) is 11.5 Å². The fourth-order valence-electron chi connectivity index (χ4n) is 2.20. The highest BCUT2D eigenvalue weighted by Gasteiger charge is 2.30. The summed E-state index contributed by atoms with van der Waals surface area (Å²) in [6.45, 7) is 0. The molecular formula is C19H16F3N3O3. The van der Waals surface area contributed by atoms with Gasteiger partial charge in [0.2, 0.25) is 0 Å². The summed E-state index contributed by atoms with van der Waals surface area (Å²) in [6, 6.07) is 10.7. The normalized spacial score (nSPS) is 11.4. The first-order chi connectivity index (χ1) is 13.3. The van der Waals surface area contributed by atoms with E-state index in [9.17, 15) is 23.2 Å². The average molecular weight is 391 g/mol. The first kappa shape index (κ1) is 20.6. The number of rotatable bonds is 6. The molecule has 0 aliphatic heterocycles. The van der Waals surface area contributed by atoms with Gasteiger partial charge < -0.3 is 20.1 Å². The Morgan fingerprint density at radius 3 is 2.39 bits per heavy atom. The fraction of sp³-hybridized carbons (Fsp3) is 0.158. The molecule has 0 aliphatic rings. The van der Waals surface area contributed by atoms with E-state index in [1.165, 1.54) is 20.3 Å². The molecule has 0 saturated heterocycles. The van der Waals surface area contributed by atoms with Gasteiger partial charge >= 0.3 is 6.18 Å². The van der Waals surface area contributed by atoms with Gasteiger partial charge in [-0.3, -0.25) is 4.79 Å². The van der Waals surface area contributed by atoms with Gasteiger partial charge in [0.25, 0.3) is 5.91 Å². The van der Waals surface area contributed by atoms with E-state index >= 15 is 0 Å². The SMILES string of the molecule is COc1ccc(N/C=C(/C#N)C(=O)Nc2cccc(C(F)(F)F)c2)cc1OC. The smallest absolute Gasteiger partial charge is 0.416 e. The first-order valence-electron chi connectivity index (χ1n) is 7.86. The maximum atomic E-state index is 12.7. The van der Waals surface area contributed by atoms with Gasteiger partial charge in [0.1, 0.15) is 11.6 Å². The lowest BCUT2D eigenvalue weighted by atomic mass is 10.2. The van der Waals surface area contributed by atoms with Crippen molar-refractivity contribution in [1.29, 1.82) is 5.26 Å². The maximum absolute atomic E-state index is 12.7. The average Bonchev–Trinajstić information content (AvgIpc) is 2.67. The van der Waals surface area contributed by atoms with Gasteiger partial charge in [-0.25, -0.2) is 0 Å². The van der Waals surface area contributed by atoms with Crippen LogP contribution in [0.1, 0.15) is 5.56 Å². The monoisotopic (exact) mass is 391 g/mol. The van der Waals surface area contributed by atoms with Crippen LogP contribution >= 0.6 is 0 Å². The lowest BCUT2D eigenvalue weighted by molar-refractivity contribution is -0.137. The Hall–Kier alpha value is -3.67. The molecule has 0 unspecified atom stereocenters. The van der Waals surface area contributed by atoms with Gasteiger partial charge in [0.05, 0.1) is 19.8 Å². The maximum Gasteiger partial charge on any atom is 0.416 e. The summed E-state index contributed by atoms with van der Waals surface area (Å²) in [4.78, 5) is 12.2. The molecule has 2 aromatic carbocycles. The molecule has 28 heavy (non-hydrogen) atoms. The fourth-order valence-corrected chi connectivity index (χ4v) is 2.20. The van der Waals surface area contributed by atoms with Crippen molar-refractivity contribution in [3.63, 3.8) is 0 Å². The van der Waals surface area contributed by atoms with Crippen molar-refractivity contribution in [3.05, 3.63) is 59.8 Å². The molecule has 0 spiro atoms. The standard InChI is InChI=1S/C19H16F3N3O3/c1-27-16-7-6-14(9-17(16)28-2)24-11-12(10-23)18(26)25-15-5-3-4-13(8-15)19(20,21)22/h3-9,11,24H,1-2H3,(H,25,26)/b12-11-. The van der Waals surface area contributed by atoms with Gasteiger partial charge in [-0.15, -0.1) is 0 Å². The number of ether oxygens (including phenoxy) is 2. The molecule has 0 atom stereocenters. The molecule has 146 valence electrons. The molecule has 0 saturated carbocycles. The van der Waals surface area contributed by atoms with Crippen LogP contribution in [0, 0.1) is 11.3 Å². The Morgan fingerprint density at radius 1 is 1.07 bits per heavy atom. The van der Waals surface area contributed by atoms with Crippen LogP contribution in [0.4, 0.5) is 24.5 Å². The first-order valence-corrected chi connectivity index (χ1v) is 7.86. The van der Waals surface area contributed by atoms with Crippen LogP contribution in [-0.2, 0) is 11.0 Å². The van der Waals surface area contributed by atoms with Crippen LogP contribution in [0.3, 0.4) is 0 Å². The predicted molar refractivity (Wildman–Crippen MR) is 96.9 cm³/mol. The third kappa shape index (κ3) is 5.17. The van der Waals surface area contributed by atoms with Gasteiger partial charge in [0.15, 0.2) is 11.5 Å². The number of nitrogens with zero attached hydrogens (tertiary/aromatic N) is 1.